The monoisotopic (exact) mass is 361 g/mol. The summed E-state index contributed by atoms with van der Waals surface area (Å²) < 4.78 is 5.37. The lowest BCUT2D eigenvalue weighted by atomic mass is 9.98. The maximum Gasteiger partial charge on any atom is 0.330 e. The van der Waals surface area contributed by atoms with E-state index < -0.39 is 10.9 Å². The summed E-state index contributed by atoms with van der Waals surface area (Å²) >= 11 is 3.36. The van der Waals surface area contributed by atoms with Crippen LogP contribution < -0.4 is 0 Å². The zero-order valence-electron chi connectivity index (χ0n) is 11.7. The molecule has 22 heavy (non-hydrogen) atoms. The van der Waals surface area contributed by atoms with Crippen molar-refractivity contribution < 1.29 is 14.5 Å². The molecule has 0 atom stereocenters. The molecule has 0 saturated carbocycles. The quantitative estimate of drug-likeness (QED) is 0.354. The van der Waals surface area contributed by atoms with Gasteiger partial charge in [-0.05, 0) is 35.4 Å². The molecule has 0 unspecified atom stereocenters. The standard InChI is InChI=1S/C16H12BrNO4/c1-22-16(19)9-6-11-10-12(17)7-8-13(11)14-4-2-3-5-15(14)18(20)21/h2-10H,1H3/b9-6+. The first kappa shape index (κ1) is 15.9. The number of para-hydroxylation sites is 1. The Balaban J connectivity index is 2.59. The largest absolute Gasteiger partial charge is 0.466 e. The van der Waals surface area contributed by atoms with Crippen LogP contribution in [-0.2, 0) is 9.53 Å². The number of nitrogens with zero attached hydrogens (tertiary/aromatic N) is 1. The zero-order valence-corrected chi connectivity index (χ0v) is 13.2. The highest BCUT2D eigenvalue weighted by molar-refractivity contribution is 9.10. The molecule has 0 saturated heterocycles. The van der Waals surface area contributed by atoms with Crippen molar-refractivity contribution >= 4 is 33.7 Å². The molecule has 0 spiro atoms. The number of carbonyl (C=O) groups excluding carboxylic acids is 1. The van der Waals surface area contributed by atoms with Gasteiger partial charge >= 0.3 is 5.97 Å². The number of hydrogen-bond donors (Lipinski definition) is 0. The van der Waals surface area contributed by atoms with Crippen molar-refractivity contribution in [1.29, 1.82) is 0 Å². The van der Waals surface area contributed by atoms with Gasteiger partial charge in [-0.1, -0.05) is 34.1 Å². The van der Waals surface area contributed by atoms with Crippen molar-refractivity contribution in [3.63, 3.8) is 0 Å². The van der Waals surface area contributed by atoms with Crippen LogP contribution >= 0.6 is 15.9 Å². The first-order valence-electron chi connectivity index (χ1n) is 6.32. The second kappa shape index (κ2) is 7.00. The molecule has 2 rings (SSSR count). The van der Waals surface area contributed by atoms with Gasteiger partial charge in [-0.15, -0.1) is 0 Å². The molecule has 5 nitrogen and oxygen atoms in total. The summed E-state index contributed by atoms with van der Waals surface area (Å²) in [4.78, 5) is 22.0. The average Bonchev–Trinajstić information content (AvgIpc) is 2.52. The van der Waals surface area contributed by atoms with Crippen LogP contribution in [0.1, 0.15) is 5.56 Å². The molecule has 0 aliphatic carbocycles. The van der Waals surface area contributed by atoms with Crippen molar-refractivity contribution in [3.8, 4) is 11.1 Å². The highest BCUT2D eigenvalue weighted by Gasteiger charge is 2.16. The summed E-state index contributed by atoms with van der Waals surface area (Å²) in [6.45, 7) is 0. The van der Waals surface area contributed by atoms with E-state index in [1.807, 2.05) is 0 Å². The molecule has 2 aromatic carbocycles. The molecule has 0 aliphatic rings. The first-order chi connectivity index (χ1) is 10.5. The lowest BCUT2D eigenvalue weighted by Crippen LogP contribution is -1.95. The van der Waals surface area contributed by atoms with Gasteiger partial charge in [0.05, 0.1) is 17.6 Å². The fourth-order valence-corrected chi connectivity index (χ4v) is 2.38. The number of rotatable bonds is 4. The van der Waals surface area contributed by atoms with Gasteiger partial charge in [-0.3, -0.25) is 10.1 Å². The Hall–Kier alpha value is -2.47. The molecule has 0 radical (unpaired) electrons. The average molecular weight is 362 g/mol. The third-order valence-electron chi connectivity index (χ3n) is 3.00. The van der Waals surface area contributed by atoms with Gasteiger partial charge < -0.3 is 4.74 Å². The van der Waals surface area contributed by atoms with Crippen molar-refractivity contribution in [2.45, 2.75) is 0 Å². The zero-order chi connectivity index (χ0) is 16.1. The second-order valence-electron chi connectivity index (χ2n) is 4.36. The summed E-state index contributed by atoms with van der Waals surface area (Å²) in [6, 6.07) is 11.8. The summed E-state index contributed by atoms with van der Waals surface area (Å²) in [7, 11) is 1.29. The smallest absolute Gasteiger partial charge is 0.330 e. The van der Waals surface area contributed by atoms with E-state index in [4.69, 9.17) is 0 Å². The Morgan fingerprint density at radius 2 is 1.95 bits per heavy atom. The molecular weight excluding hydrogens is 350 g/mol. The number of carbonyl (C=O) groups is 1. The third-order valence-corrected chi connectivity index (χ3v) is 3.50. The maximum absolute atomic E-state index is 11.3. The predicted molar refractivity (Wildman–Crippen MR) is 87.3 cm³/mol. The molecule has 6 heteroatoms. The Bertz CT molecular complexity index is 756. The van der Waals surface area contributed by atoms with Gasteiger partial charge in [0.2, 0.25) is 0 Å². The lowest BCUT2D eigenvalue weighted by Gasteiger charge is -2.08. The molecule has 0 amide bonds. The van der Waals surface area contributed by atoms with E-state index in [9.17, 15) is 14.9 Å². The van der Waals surface area contributed by atoms with E-state index >= 15 is 0 Å². The number of ether oxygens (including phenoxy) is 1. The number of halogens is 1. The molecule has 0 aromatic heterocycles. The van der Waals surface area contributed by atoms with Crippen LogP contribution in [0.2, 0.25) is 0 Å². The van der Waals surface area contributed by atoms with Gasteiger partial charge in [0.15, 0.2) is 0 Å². The molecule has 0 bridgehead atoms. The fraction of sp³-hybridized carbons (Fsp3) is 0.0625. The summed E-state index contributed by atoms with van der Waals surface area (Å²) in [6.07, 6.45) is 2.85. The van der Waals surface area contributed by atoms with Crippen LogP contribution in [0, 0.1) is 10.1 Å². The maximum atomic E-state index is 11.3. The molecule has 0 heterocycles. The van der Waals surface area contributed by atoms with Crippen LogP contribution in [0.15, 0.2) is 53.0 Å². The van der Waals surface area contributed by atoms with Crippen LogP contribution in [0.4, 0.5) is 5.69 Å². The summed E-state index contributed by atoms with van der Waals surface area (Å²) in [5.74, 6) is -0.492. The first-order valence-corrected chi connectivity index (χ1v) is 7.11. The van der Waals surface area contributed by atoms with Crippen LogP contribution in [0.25, 0.3) is 17.2 Å². The number of hydrogen-bond acceptors (Lipinski definition) is 4. The normalized spacial score (nSPS) is 10.6. The van der Waals surface area contributed by atoms with Gasteiger partial charge in [0.1, 0.15) is 0 Å². The van der Waals surface area contributed by atoms with E-state index in [1.165, 1.54) is 19.3 Å². The highest BCUT2D eigenvalue weighted by Crippen LogP contribution is 2.34. The highest BCUT2D eigenvalue weighted by atomic mass is 79.9. The molecule has 0 fully saturated rings. The van der Waals surface area contributed by atoms with Crippen molar-refractivity contribution in [2.75, 3.05) is 7.11 Å². The molecule has 0 N–H and O–H groups in total. The topological polar surface area (TPSA) is 69.4 Å². The van der Waals surface area contributed by atoms with Gasteiger partial charge in [-0.25, -0.2) is 4.79 Å². The van der Waals surface area contributed by atoms with Crippen molar-refractivity contribution in [3.05, 3.63) is 68.7 Å². The van der Waals surface area contributed by atoms with E-state index in [1.54, 1.807) is 42.5 Å². The van der Waals surface area contributed by atoms with Crippen LogP contribution in [0.5, 0.6) is 0 Å². The van der Waals surface area contributed by atoms with Gasteiger partial charge in [-0.2, -0.15) is 0 Å². The SMILES string of the molecule is COC(=O)/C=C/c1cc(Br)ccc1-c1ccccc1[N+](=O)[O-]. The number of methoxy groups -OCH3 is 1. The molecule has 0 aliphatic heterocycles. The minimum atomic E-state index is -0.492. The van der Waals surface area contributed by atoms with Crippen LogP contribution in [0.3, 0.4) is 0 Å². The van der Waals surface area contributed by atoms with Crippen molar-refractivity contribution in [1.82, 2.24) is 0 Å². The van der Waals surface area contributed by atoms with E-state index in [0.717, 1.165) is 4.47 Å². The number of nitro groups is 1. The second-order valence-corrected chi connectivity index (χ2v) is 5.28. The van der Waals surface area contributed by atoms with E-state index in [-0.39, 0.29) is 5.69 Å². The fourth-order valence-electron chi connectivity index (χ4n) is 2.00. The number of nitro benzene ring substituents is 1. The van der Waals surface area contributed by atoms with Gasteiger partial charge in [0, 0.05) is 16.6 Å². The third kappa shape index (κ3) is 3.59. The Morgan fingerprint density at radius 3 is 2.64 bits per heavy atom. The number of esters is 1. The summed E-state index contributed by atoms with van der Waals surface area (Å²) in [5, 5.41) is 11.2. The van der Waals surface area contributed by atoms with Gasteiger partial charge in [0.25, 0.3) is 5.69 Å². The Morgan fingerprint density at radius 1 is 1.23 bits per heavy atom. The van der Waals surface area contributed by atoms with Crippen molar-refractivity contribution in [2.24, 2.45) is 0 Å². The summed E-state index contributed by atoms with van der Waals surface area (Å²) in [5.41, 5.74) is 1.84. The molecule has 2 aromatic rings. The minimum Gasteiger partial charge on any atom is -0.466 e. The predicted octanol–water partition coefficient (Wildman–Crippen LogP) is 4.21. The Kier molecular flexibility index (Phi) is 5.06. The minimum absolute atomic E-state index is 0.0116. The van der Waals surface area contributed by atoms with E-state index in [0.29, 0.717) is 16.7 Å². The lowest BCUT2D eigenvalue weighted by molar-refractivity contribution is -0.384. The Labute approximate surface area is 135 Å². The van der Waals surface area contributed by atoms with Crippen LogP contribution in [-0.4, -0.2) is 18.0 Å². The molecular formula is C16H12BrNO4. The van der Waals surface area contributed by atoms with E-state index in [2.05, 4.69) is 20.7 Å². The number of benzene rings is 2. The molecule has 112 valence electrons.